The number of rotatable bonds is 3. The van der Waals surface area contributed by atoms with Crippen molar-refractivity contribution in [1.82, 2.24) is 15.1 Å². The maximum absolute atomic E-state index is 12.4. The Hall–Kier alpha value is -0.240. The number of nitrogens with zero attached hydrogens (tertiary/aromatic N) is 2. The lowest BCUT2D eigenvalue weighted by Gasteiger charge is -2.34. The second kappa shape index (κ2) is 9.15. The Labute approximate surface area is 141 Å². The van der Waals surface area contributed by atoms with Crippen LogP contribution in [0.25, 0.3) is 0 Å². The fourth-order valence-corrected chi connectivity index (χ4v) is 2.76. The quantitative estimate of drug-likeness (QED) is 0.827. The number of hydrogen-bond donors (Lipinski definition) is 1. The smallest absolute Gasteiger partial charge is 0.341 e. The average molecular weight is 366 g/mol. The summed E-state index contributed by atoms with van der Waals surface area (Å²) in [6.45, 7) is 4.45. The summed E-state index contributed by atoms with van der Waals surface area (Å²) >= 11 is 0. The highest BCUT2D eigenvalue weighted by Crippen LogP contribution is 2.21. The van der Waals surface area contributed by atoms with E-state index in [0.717, 1.165) is 13.1 Å². The Balaban J connectivity index is 0.00000220. The second-order valence-electron chi connectivity index (χ2n) is 5.78. The van der Waals surface area contributed by atoms with Crippen LogP contribution in [-0.2, 0) is 4.79 Å². The van der Waals surface area contributed by atoms with E-state index in [9.17, 15) is 18.0 Å². The van der Waals surface area contributed by atoms with E-state index in [1.54, 1.807) is 4.90 Å². The van der Waals surface area contributed by atoms with Crippen molar-refractivity contribution >= 4 is 30.7 Å². The summed E-state index contributed by atoms with van der Waals surface area (Å²) in [7, 11) is 0. The van der Waals surface area contributed by atoms with E-state index in [2.05, 4.69) is 5.32 Å². The molecule has 1 amide bonds. The standard InChI is InChI=1S/C13H22F3N3O.2ClH/c1-10(11-7-17-8-11)12(20)19-4-2-3-18(5-6-19)9-13(14,15)16;;/h10-11,17H,2-9H2,1H3;2*1H. The molecule has 0 aromatic carbocycles. The molecule has 132 valence electrons. The van der Waals surface area contributed by atoms with Gasteiger partial charge in [0.05, 0.1) is 6.54 Å². The lowest BCUT2D eigenvalue weighted by molar-refractivity contribution is -0.145. The van der Waals surface area contributed by atoms with E-state index in [0.29, 0.717) is 38.5 Å². The minimum absolute atomic E-state index is 0. The van der Waals surface area contributed by atoms with E-state index < -0.39 is 12.7 Å². The first-order valence-electron chi connectivity index (χ1n) is 7.15. The molecule has 22 heavy (non-hydrogen) atoms. The van der Waals surface area contributed by atoms with Crippen molar-refractivity contribution in [2.75, 3.05) is 45.8 Å². The SMILES string of the molecule is CC(C(=O)N1CCCN(CC(F)(F)F)CC1)C1CNC1.Cl.Cl. The van der Waals surface area contributed by atoms with Crippen molar-refractivity contribution in [3.8, 4) is 0 Å². The fourth-order valence-electron chi connectivity index (χ4n) is 2.76. The number of halogens is 5. The average Bonchev–Trinajstić information content (AvgIpc) is 2.49. The van der Waals surface area contributed by atoms with E-state index in [1.165, 1.54) is 4.90 Å². The molecule has 9 heteroatoms. The minimum Gasteiger partial charge on any atom is -0.341 e. The molecule has 1 N–H and O–H groups in total. The molecular formula is C13H24Cl2F3N3O. The van der Waals surface area contributed by atoms with Crippen LogP contribution in [0.3, 0.4) is 0 Å². The van der Waals surface area contributed by atoms with Crippen LogP contribution < -0.4 is 5.32 Å². The van der Waals surface area contributed by atoms with Gasteiger partial charge in [0.15, 0.2) is 0 Å². The summed E-state index contributed by atoms with van der Waals surface area (Å²) in [5.41, 5.74) is 0. The van der Waals surface area contributed by atoms with Gasteiger partial charge in [-0.05, 0) is 25.4 Å². The van der Waals surface area contributed by atoms with Crippen LogP contribution >= 0.6 is 24.8 Å². The van der Waals surface area contributed by atoms with Gasteiger partial charge in [0, 0.05) is 32.1 Å². The maximum atomic E-state index is 12.4. The zero-order valence-electron chi connectivity index (χ0n) is 12.6. The van der Waals surface area contributed by atoms with Gasteiger partial charge in [0.2, 0.25) is 5.91 Å². The first-order valence-corrected chi connectivity index (χ1v) is 7.15. The summed E-state index contributed by atoms with van der Waals surface area (Å²) in [5, 5.41) is 3.14. The zero-order valence-corrected chi connectivity index (χ0v) is 14.2. The lowest BCUT2D eigenvalue weighted by atomic mass is 9.88. The molecule has 2 fully saturated rings. The second-order valence-corrected chi connectivity index (χ2v) is 5.78. The van der Waals surface area contributed by atoms with Gasteiger partial charge in [-0.1, -0.05) is 6.92 Å². The molecule has 0 aliphatic carbocycles. The lowest BCUT2D eigenvalue weighted by Crippen LogP contribution is -2.51. The van der Waals surface area contributed by atoms with Crippen molar-refractivity contribution < 1.29 is 18.0 Å². The van der Waals surface area contributed by atoms with Crippen LogP contribution in [0.1, 0.15) is 13.3 Å². The molecule has 0 spiro atoms. The number of carbonyl (C=O) groups is 1. The van der Waals surface area contributed by atoms with Gasteiger partial charge >= 0.3 is 6.18 Å². The predicted octanol–water partition coefficient (Wildman–Crippen LogP) is 1.78. The molecule has 0 aromatic heterocycles. The minimum atomic E-state index is -4.16. The highest BCUT2D eigenvalue weighted by molar-refractivity contribution is 5.85. The molecule has 0 radical (unpaired) electrons. The summed E-state index contributed by atoms with van der Waals surface area (Å²) in [6.07, 6.45) is -3.55. The first kappa shape index (κ1) is 21.8. The summed E-state index contributed by atoms with van der Waals surface area (Å²) in [6, 6.07) is 0. The molecule has 0 bridgehead atoms. The van der Waals surface area contributed by atoms with Crippen LogP contribution in [0.4, 0.5) is 13.2 Å². The van der Waals surface area contributed by atoms with Gasteiger partial charge in [-0.25, -0.2) is 0 Å². The van der Waals surface area contributed by atoms with Crippen LogP contribution in [0.15, 0.2) is 0 Å². The molecule has 2 aliphatic rings. The number of alkyl halides is 3. The van der Waals surface area contributed by atoms with Crippen molar-refractivity contribution in [2.24, 2.45) is 11.8 Å². The predicted molar refractivity (Wildman–Crippen MR) is 83.7 cm³/mol. The number of hydrogen-bond acceptors (Lipinski definition) is 3. The van der Waals surface area contributed by atoms with Gasteiger partial charge in [0.1, 0.15) is 0 Å². The van der Waals surface area contributed by atoms with E-state index in [4.69, 9.17) is 0 Å². The molecule has 4 nitrogen and oxygen atoms in total. The topological polar surface area (TPSA) is 35.6 Å². The van der Waals surface area contributed by atoms with Gasteiger partial charge < -0.3 is 10.2 Å². The van der Waals surface area contributed by atoms with Crippen molar-refractivity contribution in [1.29, 1.82) is 0 Å². The summed E-state index contributed by atoms with van der Waals surface area (Å²) < 4.78 is 37.2. The van der Waals surface area contributed by atoms with Gasteiger partial charge in [-0.3, -0.25) is 9.69 Å². The van der Waals surface area contributed by atoms with Crippen molar-refractivity contribution in [3.05, 3.63) is 0 Å². The first-order chi connectivity index (χ1) is 9.37. The molecule has 2 rings (SSSR count). The van der Waals surface area contributed by atoms with E-state index >= 15 is 0 Å². The fraction of sp³-hybridized carbons (Fsp3) is 0.923. The van der Waals surface area contributed by atoms with Crippen LogP contribution in [0.5, 0.6) is 0 Å². The van der Waals surface area contributed by atoms with Crippen molar-refractivity contribution in [3.63, 3.8) is 0 Å². The molecule has 1 unspecified atom stereocenters. The molecule has 1 atom stereocenters. The number of amides is 1. The Morgan fingerprint density at radius 1 is 1.18 bits per heavy atom. The maximum Gasteiger partial charge on any atom is 0.401 e. The Kier molecular flexibility index (Phi) is 9.05. The highest BCUT2D eigenvalue weighted by Gasteiger charge is 2.34. The third-order valence-corrected chi connectivity index (χ3v) is 4.21. The van der Waals surface area contributed by atoms with Gasteiger partial charge in [-0.2, -0.15) is 13.2 Å². The largest absolute Gasteiger partial charge is 0.401 e. The normalized spacial score (nSPS) is 21.9. The molecule has 0 aromatic rings. The number of nitrogens with one attached hydrogen (secondary N) is 1. The highest BCUT2D eigenvalue weighted by atomic mass is 35.5. The molecular weight excluding hydrogens is 342 g/mol. The summed E-state index contributed by atoms with van der Waals surface area (Å²) in [5.74, 6) is 0.424. The number of carbonyl (C=O) groups excluding carboxylic acids is 1. The van der Waals surface area contributed by atoms with Crippen LogP contribution in [0, 0.1) is 11.8 Å². The Morgan fingerprint density at radius 3 is 2.32 bits per heavy atom. The Morgan fingerprint density at radius 2 is 1.82 bits per heavy atom. The molecule has 0 saturated carbocycles. The third kappa shape index (κ3) is 6.10. The molecule has 2 saturated heterocycles. The van der Waals surface area contributed by atoms with Gasteiger partial charge in [0.25, 0.3) is 0 Å². The van der Waals surface area contributed by atoms with Crippen LogP contribution in [-0.4, -0.2) is 67.7 Å². The zero-order chi connectivity index (χ0) is 14.8. The molecule has 2 heterocycles. The summed E-state index contributed by atoms with van der Waals surface area (Å²) in [4.78, 5) is 15.5. The molecule has 2 aliphatic heterocycles. The van der Waals surface area contributed by atoms with E-state index in [-0.39, 0.29) is 36.6 Å². The monoisotopic (exact) mass is 365 g/mol. The Bertz CT molecular complexity index is 354. The van der Waals surface area contributed by atoms with Crippen LogP contribution in [0.2, 0.25) is 0 Å². The van der Waals surface area contributed by atoms with Gasteiger partial charge in [-0.15, -0.1) is 24.8 Å². The van der Waals surface area contributed by atoms with Crippen molar-refractivity contribution in [2.45, 2.75) is 19.5 Å². The van der Waals surface area contributed by atoms with E-state index in [1.807, 2.05) is 6.92 Å². The third-order valence-electron chi connectivity index (χ3n) is 4.21.